The van der Waals surface area contributed by atoms with E-state index in [0.717, 1.165) is 29.7 Å². The number of likely N-dealkylation sites (tertiary alicyclic amines) is 1. The van der Waals surface area contributed by atoms with Gasteiger partial charge in [-0.25, -0.2) is 4.79 Å². The lowest BCUT2D eigenvalue weighted by Crippen LogP contribution is -2.42. The maximum atomic E-state index is 12.5. The van der Waals surface area contributed by atoms with E-state index in [9.17, 15) is 9.59 Å². The van der Waals surface area contributed by atoms with E-state index in [1.165, 1.54) is 0 Å². The minimum atomic E-state index is -0.491. The summed E-state index contributed by atoms with van der Waals surface area (Å²) in [4.78, 5) is 30.8. The predicted octanol–water partition coefficient (Wildman–Crippen LogP) is 3.14. The lowest BCUT2D eigenvalue weighted by atomic mass is 9.93. The maximum Gasteiger partial charge on any atom is 0.410 e. The van der Waals surface area contributed by atoms with Crippen LogP contribution in [0, 0.1) is 5.92 Å². The van der Waals surface area contributed by atoms with Gasteiger partial charge < -0.3 is 15.0 Å². The standard InChI is InChI=1S/C22H31N5O3/c1-22(2,3)30-21(29)27-10-7-16(8-11-27)12-19(28)24-13-17-6-5-9-23-20(17)18-14-25-26(4)15-18/h5-6,9,14-16H,7-8,10-13H2,1-4H3,(H,24,28). The zero-order valence-corrected chi connectivity index (χ0v) is 18.2. The van der Waals surface area contributed by atoms with Crippen LogP contribution in [0.4, 0.5) is 4.79 Å². The molecule has 1 fully saturated rings. The van der Waals surface area contributed by atoms with Crippen molar-refractivity contribution in [1.29, 1.82) is 0 Å². The number of amides is 2. The minimum Gasteiger partial charge on any atom is -0.444 e. The number of aryl methyl sites for hydroxylation is 1. The first kappa shape index (κ1) is 21.8. The Labute approximate surface area is 177 Å². The van der Waals surface area contributed by atoms with Crippen LogP contribution in [-0.4, -0.2) is 50.4 Å². The van der Waals surface area contributed by atoms with Gasteiger partial charge in [0, 0.05) is 51.1 Å². The highest BCUT2D eigenvalue weighted by molar-refractivity contribution is 5.76. The SMILES string of the molecule is Cn1cc(-c2ncccc2CNC(=O)CC2CCN(C(=O)OC(C)(C)C)CC2)cn1. The molecule has 2 amide bonds. The fourth-order valence-electron chi connectivity index (χ4n) is 3.56. The van der Waals surface area contributed by atoms with E-state index in [1.54, 1.807) is 22.0 Å². The van der Waals surface area contributed by atoms with Crippen molar-refractivity contribution in [1.82, 2.24) is 25.0 Å². The van der Waals surface area contributed by atoms with Crippen molar-refractivity contribution in [2.75, 3.05) is 13.1 Å². The predicted molar refractivity (Wildman–Crippen MR) is 113 cm³/mol. The Bertz CT molecular complexity index is 879. The first-order valence-corrected chi connectivity index (χ1v) is 10.4. The molecule has 2 aromatic rings. The molecule has 0 aliphatic carbocycles. The van der Waals surface area contributed by atoms with E-state index < -0.39 is 5.60 Å². The molecule has 3 rings (SSSR count). The van der Waals surface area contributed by atoms with Crippen molar-refractivity contribution in [3.8, 4) is 11.3 Å². The van der Waals surface area contributed by atoms with Crippen LogP contribution >= 0.6 is 0 Å². The van der Waals surface area contributed by atoms with Crippen molar-refractivity contribution >= 4 is 12.0 Å². The van der Waals surface area contributed by atoms with Gasteiger partial charge in [0.05, 0.1) is 11.9 Å². The zero-order valence-electron chi connectivity index (χ0n) is 18.2. The Morgan fingerprint density at radius 2 is 2.00 bits per heavy atom. The third-order valence-electron chi connectivity index (χ3n) is 5.09. The molecule has 1 aliphatic heterocycles. The number of nitrogens with one attached hydrogen (secondary N) is 1. The van der Waals surface area contributed by atoms with Crippen LogP contribution < -0.4 is 5.32 Å². The number of carbonyl (C=O) groups is 2. The third kappa shape index (κ3) is 6.05. The molecule has 2 aromatic heterocycles. The van der Waals surface area contributed by atoms with Crippen molar-refractivity contribution < 1.29 is 14.3 Å². The average molecular weight is 414 g/mol. The molecule has 0 radical (unpaired) electrons. The van der Waals surface area contributed by atoms with Crippen LogP contribution in [0.25, 0.3) is 11.3 Å². The second-order valence-electron chi connectivity index (χ2n) is 8.81. The molecular formula is C22H31N5O3. The Kier molecular flexibility index (Phi) is 6.74. The second-order valence-corrected chi connectivity index (χ2v) is 8.81. The molecule has 3 heterocycles. The molecule has 0 unspecified atom stereocenters. The maximum absolute atomic E-state index is 12.5. The molecule has 8 heteroatoms. The van der Waals surface area contributed by atoms with Gasteiger partial charge in [0.1, 0.15) is 5.60 Å². The van der Waals surface area contributed by atoms with Gasteiger partial charge in [-0.05, 0) is 51.2 Å². The molecule has 0 aromatic carbocycles. The molecule has 0 spiro atoms. The number of pyridine rings is 1. The van der Waals surface area contributed by atoms with Gasteiger partial charge in [-0.1, -0.05) is 6.07 Å². The lowest BCUT2D eigenvalue weighted by Gasteiger charge is -2.33. The van der Waals surface area contributed by atoms with Gasteiger partial charge in [-0.3, -0.25) is 14.5 Å². The normalized spacial score (nSPS) is 15.1. The van der Waals surface area contributed by atoms with Gasteiger partial charge in [-0.2, -0.15) is 5.10 Å². The number of ether oxygens (including phenoxy) is 1. The summed E-state index contributed by atoms with van der Waals surface area (Å²) in [7, 11) is 1.86. The van der Waals surface area contributed by atoms with Crippen LogP contribution in [0.3, 0.4) is 0 Å². The molecule has 162 valence electrons. The van der Waals surface area contributed by atoms with Gasteiger partial charge in [-0.15, -0.1) is 0 Å². The summed E-state index contributed by atoms with van der Waals surface area (Å²) in [6.07, 6.45) is 7.22. The highest BCUT2D eigenvalue weighted by Crippen LogP contribution is 2.23. The Morgan fingerprint density at radius 3 is 2.63 bits per heavy atom. The van der Waals surface area contributed by atoms with Gasteiger partial charge in [0.2, 0.25) is 5.91 Å². The summed E-state index contributed by atoms with van der Waals surface area (Å²) in [6.45, 7) is 7.27. The third-order valence-corrected chi connectivity index (χ3v) is 5.09. The summed E-state index contributed by atoms with van der Waals surface area (Å²) in [5, 5.41) is 7.21. The van der Waals surface area contributed by atoms with E-state index in [-0.39, 0.29) is 17.9 Å². The van der Waals surface area contributed by atoms with E-state index >= 15 is 0 Å². The lowest BCUT2D eigenvalue weighted by molar-refractivity contribution is -0.122. The van der Waals surface area contributed by atoms with E-state index in [0.29, 0.717) is 26.1 Å². The molecule has 8 nitrogen and oxygen atoms in total. The number of aromatic nitrogens is 3. The Morgan fingerprint density at radius 1 is 1.27 bits per heavy atom. The quantitative estimate of drug-likeness (QED) is 0.813. The molecule has 30 heavy (non-hydrogen) atoms. The van der Waals surface area contributed by atoms with E-state index in [1.807, 2.05) is 46.1 Å². The van der Waals surface area contributed by atoms with Crippen molar-refractivity contribution in [2.24, 2.45) is 13.0 Å². The van der Waals surface area contributed by atoms with Crippen LogP contribution in [0.1, 0.15) is 45.6 Å². The van der Waals surface area contributed by atoms with Crippen molar-refractivity contribution in [3.63, 3.8) is 0 Å². The van der Waals surface area contributed by atoms with Gasteiger partial charge in [0.15, 0.2) is 0 Å². The van der Waals surface area contributed by atoms with Crippen molar-refractivity contribution in [3.05, 3.63) is 36.3 Å². The summed E-state index contributed by atoms with van der Waals surface area (Å²) in [5.41, 5.74) is 2.22. The molecular weight excluding hydrogens is 382 g/mol. The molecule has 1 N–H and O–H groups in total. The zero-order chi connectivity index (χ0) is 21.7. The number of piperidine rings is 1. The Hall–Kier alpha value is -2.90. The van der Waals surface area contributed by atoms with E-state index in [4.69, 9.17) is 4.74 Å². The van der Waals surface area contributed by atoms with E-state index in [2.05, 4.69) is 15.4 Å². The van der Waals surface area contributed by atoms with Crippen LogP contribution in [0.2, 0.25) is 0 Å². The van der Waals surface area contributed by atoms with Crippen LogP contribution in [-0.2, 0) is 23.1 Å². The summed E-state index contributed by atoms with van der Waals surface area (Å²) in [5.74, 6) is 0.294. The number of hydrogen-bond donors (Lipinski definition) is 1. The highest BCUT2D eigenvalue weighted by Gasteiger charge is 2.27. The molecule has 1 saturated heterocycles. The number of rotatable bonds is 5. The van der Waals surface area contributed by atoms with Crippen molar-refractivity contribution in [2.45, 2.75) is 52.2 Å². The number of carbonyl (C=O) groups excluding carboxylic acids is 2. The highest BCUT2D eigenvalue weighted by atomic mass is 16.6. The minimum absolute atomic E-state index is 0.0201. The first-order valence-electron chi connectivity index (χ1n) is 10.4. The van der Waals surface area contributed by atoms with Crippen LogP contribution in [0.5, 0.6) is 0 Å². The summed E-state index contributed by atoms with van der Waals surface area (Å²) in [6, 6.07) is 3.84. The molecule has 1 aliphatic rings. The molecule has 0 atom stereocenters. The summed E-state index contributed by atoms with van der Waals surface area (Å²) >= 11 is 0. The number of hydrogen-bond acceptors (Lipinski definition) is 5. The van der Waals surface area contributed by atoms with Gasteiger partial charge in [0.25, 0.3) is 0 Å². The molecule has 0 saturated carbocycles. The monoisotopic (exact) mass is 413 g/mol. The fourth-order valence-corrected chi connectivity index (χ4v) is 3.56. The average Bonchev–Trinajstić information content (AvgIpc) is 3.12. The van der Waals surface area contributed by atoms with Crippen LogP contribution in [0.15, 0.2) is 30.7 Å². The molecule has 0 bridgehead atoms. The summed E-state index contributed by atoms with van der Waals surface area (Å²) < 4.78 is 7.16. The first-order chi connectivity index (χ1) is 14.2. The fraction of sp³-hybridized carbons (Fsp3) is 0.545. The second kappa shape index (κ2) is 9.28. The van der Waals surface area contributed by atoms with Gasteiger partial charge >= 0.3 is 6.09 Å². The largest absolute Gasteiger partial charge is 0.444 e. The Balaban J connectivity index is 1.47. The number of nitrogens with zero attached hydrogens (tertiary/aromatic N) is 4. The smallest absolute Gasteiger partial charge is 0.410 e. The topological polar surface area (TPSA) is 89.4 Å².